The van der Waals surface area contributed by atoms with Crippen LogP contribution in [-0.2, 0) is 23.8 Å². The molecule has 1 N–H and O–H groups in total. The zero-order valence-electron chi connectivity index (χ0n) is 9.08. The summed E-state index contributed by atoms with van der Waals surface area (Å²) >= 11 is 0. The van der Waals surface area contributed by atoms with E-state index in [0.717, 1.165) is 0 Å². The Bertz CT molecular complexity index is 298. The average Bonchev–Trinajstić information content (AvgIpc) is 2.18. The lowest BCUT2D eigenvalue weighted by atomic mass is 10.1. The summed E-state index contributed by atoms with van der Waals surface area (Å²) in [7, 11) is 0. The van der Waals surface area contributed by atoms with Crippen molar-refractivity contribution in [2.75, 3.05) is 6.61 Å². The average molecular weight is 230 g/mol. The molecule has 1 aliphatic heterocycles. The van der Waals surface area contributed by atoms with E-state index < -0.39 is 30.3 Å². The second-order valence-electron chi connectivity index (χ2n) is 3.37. The van der Waals surface area contributed by atoms with Crippen LogP contribution in [0.1, 0.15) is 13.8 Å². The molecule has 0 saturated heterocycles. The van der Waals surface area contributed by atoms with Crippen LogP contribution in [0, 0.1) is 0 Å². The molecule has 1 aliphatic rings. The third kappa shape index (κ3) is 3.54. The fourth-order valence-corrected chi connectivity index (χ4v) is 1.30. The second-order valence-corrected chi connectivity index (χ2v) is 3.37. The molecule has 0 radical (unpaired) electrons. The largest absolute Gasteiger partial charge is 0.491 e. The summed E-state index contributed by atoms with van der Waals surface area (Å²) in [4.78, 5) is 21.5. The van der Waals surface area contributed by atoms with Gasteiger partial charge >= 0.3 is 11.9 Å². The lowest BCUT2D eigenvalue weighted by Gasteiger charge is -2.30. The van der Waals surface area contributed by atoms with Crippen LogP contribution in [0.15, 0.2) is 12.3 Å². The quantitative estimate of drug-likeness (QED) is 0.673. The molecule has 6 nitrogen and oxygen atoms in total. The summed E-state index contributed by atoms with van der Waals surface area (Å²) in [6.07, 6.45) is 0.143. The minimum Gasteiger partial charge on any atom is -0.491 e. The van der Waals surface area contributed by atoms with Crippen LogP contribution >= 0.6 is 0 Å². The molecule has 0 aliphatic carbocycles. The summed E-state index contributed by atoms with van der Waals surface area (Å²) in [5, 5.41) is 9.57. The molecule has 3 atom stereocenters. The standard InChI is InChI=1S/C10H14O6/c1-6(11)15-5-9-10(16-7(2)12)8(13)3-4-14-9/h3-4,8-10,13H,5H2,1-2H3/t8-,9-,10-/m1/s1. The number of ether oxygens (including phenoxy) is 3. The first kappa shape index (κ1) is 12.5. The van der Waals surface area contributed by atoms with E-state index >= 15 is 0 Å². The van der Waals surface area contributed by atoms with Gasteiger partial charge in [0.05, 0.1) is 6.26 Å². The number of aliphatic hydroxyl groups is 1. The lowest BCUT2D eigenvalue weighted by Crippen LogP contribution is -2.45. The second kappa shape index (κ2) is 5.50. The molecule has 0 saturated carbocycles. The van der Waals surface area contributed by atoms with Gasteiger partial charge in [-0.1, -0.05) is 0 Å². The maximum absolute atomic E-state index is 10.8. The lowest BCUT2D eigenvalue weighted by molar-refractivity contribution is -0.168. The van der Waals surface area contributed by atoms with Crippen LogP contribution in [0.2, 0.25) is 0 Å². The van der Waals surface area contributed by atoms with E-state index in [-0.39, 0.29) is 6.61 Å². The first-order valence-electron chi connectivity index (χ1n) is 4.81. The smallest absolute Gasteiger partial charge is 0.303 e. The highest BCUT2D eigenvalue weighted by molar-refractivity contribution is 5.66. The Morgan fingerprint density at radius 3 is 2.62 bits per heavy atom. The van der Waals surface area contributed by atoms with Crippen molar-refractivity contribution in [1.29, 1.82) is 0 Å². The third-order valence-electron chi connectivity index (χ3n) is 1.99. The highest BCUT2D eigenvalue weighted by Crippen LogP contribution is 2.16. The predicted molar refractivity (Wildman–Crippen MR) is 52.2 cm³/mol. The van der Waals surface area contributed by atoms with Gasteiger partial charge in [-0.15, -0.1) is 0 Å². The highest BCUT2D eigenvalue weighted by atomic mass is 16.6. The van der Waals surface area contributed by atoms with Crippen molar-refractivity contribution in [1.82, 2.24) is 0 Å². The van der Waals surface area contributed by atoms with Crippen molar-refractivity contribution in [3.63, 3.8) is 0 Å². The van der Waals surface area contributed by atoms with Crippen LogP contribution in [-0.4, -0.2) is 42.0 Å². The van der Waals surface area contributed by atoms with E-state index in [0.29, 0.717) is 0 Å². The molecule has 0 amide bonds. The Kier molecular flexibility index (Phi) is 4.30. The zero-order valence-corrected chi connectivity index (χ0v) is 9.08. The fourth-order valence-electron chi connectivity index (χ4n) is 1.30. The van der Waals surface area contributed by atoms with Gasteiger partial charge in [0, 0.05) is 13.8 Å². The Morgan fingerprint density at radius 1 is 1.38 bits per heavy atom. The van der Waals surface area contributed by atoms with Gasteiger partial charge < -0.3 is 19.3 Å². The predicted octanol–water partition coefficient (Wildman–Crippen LogP) is -0.245. The van der Waals surface area contributed by atoms with Crippen LogP contribution in [0.3, 0.4) is 0 Å². The number of carbonyl (C=O) groups excluding carboxylic acids is 2. The molecule has 1 rings (SSSR count). The summed E-state index contributed by atoms with van der Waals surface area (Å²) in [6.45, 7) is 2.42. The normalized spacial score (nSPS) is 28.1. The van der Waals surface area contributed by atoms with E-state index in [4.69, 9.17) is 14.2 Å². The van der Waals surface area contributed by atoms with E-state index in [1.165, 1.54) is 26.2 Å². The third-order valence-corrected chi connectivity index (χ3v) is 1.99. The summed E-state index contributed by atoms with van der Waals surface area (Å²) < 4.78 is 14.8. The zero-order chi connectivity index (χ0) is 12.1. The van der Waals surface area contributed by atoms with Gasteiger partial charge in [-0.05, 0) is 6.08 Å². The van der Waals surface area contributed by atoms with Gasteiger partial charge in [-0.25, -0.2) is 0 Å². The molecule has 6 heteroatoms. The van der Waals surface area contributed by atoms with Gasteiger partial charge in [0.25, 0.3) is 0 Å². The van der Waals surface area contributed by atoms with E-state index in [1.807, 2.05) is 0 Å². The first-order chi connectivity index (χ1) is 7.50. The Hall–Kier alpha value is -1.56. The maximum Gasteiger partial charge on any atom is 0.303 e. The van der Waals surface area contributed by atoms with Crippen LogP contribution in [0.4, 0.5) is 0 Å². The molecule has 1 heterocycles. The number of hydrogen-bond acceptors (Lipinski definition) is 6. The molecular formula is C10H14O6. The van der Waals surface area contributed by atoms with Crippen LogP contribution in [0.25, 0.3) is 0 Å². The van der Waals surface area contributed by atoms with E-state index in [2.05, 4.69) is 0 Å². The molecule has 16 heavy (non-hydrogen) atoms. The Labute approximate surface area is 92.8 Å². The summed E-state index contributed by atoms with van der Waals surface area (Å²) in [5.74, 6) is -0.995. The number of hydrogen-bond donors (Lipinski definition) is 1. The van der Waals surface area contributed by atoms with Crippen LogP contribution < -0.4 is 0 Å². The molecule has 0 aromatic carbocycles. The molecule has 0 aromatic heterocycles. The molecular weight excluding hydrogens is 216 g/mol. The van der Waals surface area contributed by atoms with Gasteiger partial charge in [0.2, 0.25) is 0 Å². The highest BCUT2D eigenvalue weighted by Gasteiger charge is 2.34. The minimum absolute atomic E-state index is 0.0747. The van der Waals surface area contributed by atoms with Crippen molar-refractivity contribution < 1.29 is 28.9 Å². The minimum atomic E-state index is -0.960. The number of esters is 2. The molecule has 0 fully saturated rings. The SMILES string of the molecule is CC(=O)OC[C@H]1OC=C[C@@H](O)[C@H]1OC(C)=O. The Morgan fingerprint density at radius 2 is 2.06 bits per heavy atom. The molecule has 0 unspecified atom stereocenters. The van der Waals surface area contributed by atoms with Crippen molar-refractivity contribution >= 4 is 11.9 Å². The van der Waals surface area contributed by atoms with E-state index in [9.17, 15) is 14.7 Å². The van der Waals surface area contributed by atoms with E-state index in [1.54, 1.807) is 0 Å². The van der Waals surface area contributed by atoms with Gasteiger partial charge in [0.15, 0.2) is 12.2 Å². The molecule has 0 aromatic rings. The number of rotatable bonds is 3. The maximum atomic E-state index is 10.8. The van der Waals surface area contributed by atoms with Crippen molar-refractivity contribution in [2.24, 2.45) is 0 Å². The number of carbonyl (C=O) groups is 2. The summed E-state index contributed by atoms with van der Waals surface area (Å²) in [5.41, 5.74) is 0. The molecule has 90 valence electrons. The molecule has 0 bridgehead atoms. The monoisotopic (exact) mass is 230 g/mol. The Balaban J connectivity index is 2.60. The van der Waals surface area contributed by atoms with Gasteiger partial charge in [0.1, 0.15) is 12.7 Å². The van der Waals surface area contributed by atoms with Gasteiger partial charge in [-0.2, -0.15) is 0 Å². The number of aliphatic hydroxyl groups excluding tert-OH is 1. The van der Waals surface area contributed by atoms with Crippen molar-refractivity contribution in [2.45, 2.75) is 32.2 Å². The van der Waals surface area contributed by atoms with Crippen LogP contribution in [0.5, 0.6) is 0 Å². The molecule has 0 spiro atoms. The van der Waals surface area contributed by atoms with Gasteiger partial charge in [-0.3, -0.25) is 9.59 Å². The fraction of sp³-hybridized carbons (Fsp3) is 0.600. The van der Waals surface area contributed by atoms with Crippen molar-refractivity contribution in [3.8, 4) is 0 Å². The topological polar surface area (TPSA) is 82.1 Å². The van der Waals surface area contributed by atoms with Crippen molar-refractivity contribution in [3.05, 3.63) is 12.3 Å². The summed E-state index contributed by atoms with van der Waals surface area (Å²) in [6, 6.07) is 0. The first-order valence-corrected chi connectivity index (χ1v) is 4.81.